The monoisotopic (exact) mass is 409 g/mol. The molecule has 31 heavy (non-hydrogen) atoms. The van der Waals surface area contributed by atoms with E-state index in [1.54, 1.807) is 18.2 Å². The van der Waals surface area contributed by atoms with E-state index >= 15 is 0 Å². The predicted octanol–water partition coefficient (Wildman–Crippen LogP) is 7.80. The van der Waals surface area contributed by atoms with Crippen LogP contribution in [-0.4, -0.2) is 0 Å². The lowest BCUT2D eigenvalue weighted by Crippen LogP contribution is -2.17. The van der Waals surface area contributed by atoms with Gasteiger partial charge in [-0.15, -0.1) is 0 Å². The van der Waals surface area contributed by atoms with E-state index in [9.17, 15) is 0 Å². The normalized spacial score (nSPS) is 20.3. The second kappa shape index (κ2) is 8.43. The van der Waals surface area contributed by atoms with Gasteiger partial charge in [-0.05, 0) is 85.0 Å². The molecule has 1 aliphatic rings. The highest BCUT2D eigenvalue weighted by atomic mass is 15.1. The van der Waals surface area contributed by atoms with Gasteiger partial charge in [0.15, 0.2) is 0 Å². The average molecular weight is 410 g/mol. The Labute approximate surface area is 194 Å². The molecule has 0 heterocycles. The molecule has 0 N–H and O–H groups in total. The molecule has 0 atom stereocenters. The van der Waals surface area contributed by atoms with E-state index in [0.29, 0.717) is 6.54 Å². The average Bonchev–Trinajstić information content (AvgIpc) is 2.98. The van der Waals surface area contributed by atoms with E-state index in [-0.39, 0.29) is 11.1 Å². The number of rotatable bonds is 5. The maximum absolute atomic E-state index is 8.46. The Balaban J connectivity index is 1.60. The molecule has 0 aromatic heterocycles. The van der Waals surface area contributed by atoms with Gasteiger partial charge in [-0.25, -0.2) is 0 Å². The second-order valence-electron chi connectivity index (χ2n) is 8.05. The molecule has 0 unspecified atom stereocenters. The summed E-state index contributed by atoms with van der Waals surface area (Å²) in [5.41, 5.74) is 7.27. The summed E-state index contributed by atoms with van der Waals surface area (Å²) in [7, 11) is 0. The predicted molar refractivity (Wildman–Crippen MR) is 132 cm³/mol. The molecule has 0 bridgehead atoms. The first-order valence-corrected chi connectivity index (χ1v) is 10.6. The standard InChI is InChI=1S/C30H29N/c1-22-10-16-28(17-11-22)31(29-18-12-23(2)13-19-29)21-27-6-3-4-9-30(27)26-15-14-24-7-5-8-25(24)20-26/h3-4,6,9-20H,5,7-8,21H2,1-2H3/i5D2,7D2,8D2. The third-order valence-electron chi connectivity index (χ3n) is 5.76. The van der Waals surface area contributed by atoms with Crippen LogP contribution >= 0.6 is 0 Å². The number of anilines is 2. The summed E-state index contributed by atoms with van der Waals surface area (Å²) in [6.45, 7) is 4.69. The zero-order chi connectivity index (χ0) is 26.6. The molecule has 0 spiro atoms. The molecular weight excluding hydrogens is 374 g/mol. The fourth-order valence-electron chi connectivity index (χ4n) is 3.98. The number of hydrogen-bond donors (Lipinski definition) is 0. The van der Waals surface area contributed by atoms with Gasteiger partial charge >= 0.3 is 0 Å². The number of aryl methyl sites for hydroxylation is 4. The minimum atomic E-state index is -2.67. The van der Waals surface area contributed by atoms with Crippen molar-refractivity contribution in [1.29, 1.82) is 0 Å². The van der Waals surface area contributed by atoms with Gasteiger partial charge in [0.2, 0.25) is 0 Å². The molecule has 0 radical (unpaired) electrons. The largest absolute Gasteiger partial charge is 0.337 e. The van der Waals surface area contributed by atoms with E-state index in [0.717, 1.165) is 28.1 Å². The summed E-state index contributed by atoms with van der Waals surface area (Å²) in [5, 5.41) is 0. The van der Waals surface area contributed by atoms with Crippen molar-refractivity contribution in [2.24, 2.45) is 0 Å². The minimum absolute atomic E-state index is 0.0729. The Morgan fingerprint density at radius 1 is 0.710 bits per heavy atom. The van der Waals surface area contributed by atoms with Gasteiger partial charge in [0, 0.05) is 26.1 Å². The summed E-state index contributed by atoms with van der Waals surface area (Å²) in [6, 6.07) is 29.6. The zero-order valence-electron chi connectivity index (χ0n) is 23.8. The van der Waals surface area contributed by atoms with Crippen molar-refractivity contribution in [3.05, 3.63) is 119 Å². The molecule has 5 rings (SSSR count). The van der Waals surface area contributed by atoms with Gasteiger partial charge in [-0.2, -0.15) is 0 Å². The van der Waals surface area contributed by atoms with E-state index in [4.69, 9.17) is 8.22 Å². The zero-order valence-corrected chi connectivity index (χ0v) is 17.8. The third kappa shape index (κ3) is 4.14. The third-order valence-corrected chi connectivity index (χ3v) is 5.76. The molecule has 0 saturated heterocycles. The van der Waals surface area contributed by atoms with Crippen LogP contribution in [0.15, 0.2) is 91.0 Å². The quantitative estimate of drug-likeness (QED) is 0.325. The summed E-state index contributed by atoms with van der Waals surface area (Å²) in [6.07, 6.45) is -7.54. The minimum Gasteiger partial charge on any atom is -0.337 e. The molecule has 1 heteroatoms. The Morgan fingerprint density at radius 3 is 2.00 bits per heavy atom. The van der Waals surface area contributed by atoms with Crippen molar-refractivity contribution < 1.29 is 8.22 Å². The van der Waals surface area contributed by atoms with E-state index in [1.807, 2.05) is 24.3 Å². The molecule has 0 aliphatic heterocycles. The summed E-state index contributed by atoms with van der Waals surface area (Å²) in [4.78, 5) is 2.24. The van der Waals surface area contributed by atoms with Gasteiger partial charge in [-0.3, -0.25) is 0 Å². The molecular formula is C30H29N. The maximum atomic E-state index is 8.46. The second-order valence-corrected chi connectivity index (χ2v) is 8.05. The first-order chi connectivity index (χ1) is 17.4. The SMILES string of the molecule is [2H]C1([2H])c2ccc(-c3ccccc3CN(c3ccc(C)cc3)c3ccc(C)cc3)cc2C([2H])([2H])C1([2H])[2H]. The molecule has 1 nitrogen and oxygen atoms in total. The topological polar surface area (TPSA) is 3.24 Å². The van der Waals surface area contributed by atoms with Crippen LogP contribution in [0.25, 0.3) is 11.1 Å². The highest BCUT2D eigenvalue weighted by Gasteiger charge is 2.16. The lowest BCUT2D eigenvalue weighted by Gasteiger charge is -2.27. The van der Waals surface area contributed by atoms with Crippen molar-refractivity contribution in [3.8, 4) is 11.1 Å². The van der Waals surface area contributed by atoms with Crippen LogP contribution in [0.3, 0.4) is 0 Å². The highest BCUT2D eigenvalue weighted by molar-refractivity contribution is 5.71. The van der Waals surface area contributed by atoms with Crippen molar-refractivity contribution in [2.45, 2.75) is 39.5 Å². The molecule has 0 fully saturated rings. The number of fused-ring (bicyclic) bond motifs is 1. The Morgan fingerprint density at radius 2 is 1.32 bits per heavy atom. The van der Waals surface area contributed by atoms with Gasteiger partial charge in [0.1, 0.15) is 0 Å². The first-order valence-electron chi connectivity index (χ1n) is 13.6. The van der Waals surface area contributed by atoms with Crippen molar-refractivity contribution in [1.82, 2.24) is 0 Å². The van der Waals surface area contributed by atoms with Crippen LogP contribution in [0.2, 0.25) is 0 Å². The molecule has 1 aliphatic carbocycles. The lowest BCUT2D eigenvalue weighted by atomic mass is 9.96. The van der Waals surface area contributed by atoms with Gasteiger partial charge in [-0.1, -0.05) is 77.9 Å². The lowest BCUT2D eigenvalue weighted by molar-refractivity contribution is 0.912. The van der Waals surface area contributed by atoms with Crippen LogP contribution in [-0.2, 0) is 19.3 Å². The van der Waals surface area contributed by atoms with E-state index in [2.05, 4.69) is 67.3 Å². The first kappa shape index (κ1) is 13.9. The van der Waals surface area contributed by atoms with Crippen LogP contribution in [0.4, 0.5) is 11.4 Å². The van der Waals surface area contributed by atoms with E-state index in [1.165, 1.54) is 11.1 Å². The van der Waals surface area contributed by atoms with Gasteiger partial charge < -0.3 is 4.90 Å². The fourth-order valence-corrected chi connectivity index (χ4v) is 3.98. The Kier molecular flexibility index (Phi) is 3.77. The van der Waals surface area contributed by atoms with Crippen molar-refractivity contribution in [2.75, 3.05) is 4.90 Å². The molecule has 4 aromatic carbocycles. The van der Waals surface area contributed by atoms with Crippen LogP contribution in [0.5, 0.6) is 0 Å². The Bertz CT molecular complexity index is 1400. The summed E-state index contributed by atoms with van der Waals surface area (Å²) >= 11 is 0. The number of hydrogen-bond acceptors (Lipinski definition) is 1. The molecule has 4 aromatic rings. The number of nitrogens with zero attached hydrogens (tertiary/aromatic N) is 1. The number of benzene rings is 4. The van der Waals surface area contributed by atoms with Crippen LogP contribution in [0, 0.1) is 13.8 Å². The molecule has 0 saturated carbocycles. The van der Waals surface area contributed by atoms with Gasteiger partial charge in [0.25, 0.3) is 0 Å². The van der Waals surface area contributed by atoms with Crippen LogP contribution < -0.4 is 4.90 Å². The fraction of sp³-hybridized carbons (Fsp3) is 0.200. The van der Waals surface area contributed by atoms with E-state index < -0.39 is 19.1 Å². The Hall–Kier alpha value is -3.32. The van der Waals surface area contributed by atoms with Crippen LogP contribution in [0.1, 0.15) is 42.4 Å². The maximum Gasteiger partial charge on any atom is 0.0487 e. The van der Waals surface area contributed by atoms with Crippen molar-refractivity contribution >= 4 is 11.4 Å². The van der Waals surface area contributed by atoms with Gasteiger partial charge in [0.05, 0.1) is 0 Å². The summed E-state index contributed by atoms with van der Waals surface area (Å²) in [5.74, 6) is 0. The molecule has 154 valence electrons. The highest BCUT2D eigenvalue weighted by Crippen LogP contribution is 2.33. The smallest absolute Gasteiger partial charge is 0.0487 e. The van der Waals surface area contributed by atoms with Crippen molar-refractivity contribution in [3.63, 3.8) is 0 Å². The molecule has 0 amide bonds. The summed E-state index contributed by atoms with van der Waals surface area (Å²) < 4.78 is 49.9.